The van der Waals surface area contributed by atoms with Crippen LogP contribution >= 0.6 is 11.6 Å². The van der Waals surface area contributed by atoms with E-state index < -0.39 is 0 Å². The molecule has 0 heterocycles. The van der Waals surface area contributed by atoms with Crippen LogP contribution in [0.4, 0.5) is 16.2 Å². The molecular formula is C10H14ClN3O. The lowest BCUT2D eigenvalue weighted by molar-refractivity contribution is 0.252. The molecule has 4 nitrogen and oxygen atoms in total. The van der Waals surface area contributed by atoms with Crippen LogP contribution in [0.3, 0.4) is 0 Å². The molecule has 0 bridgehead atoms. The molecule has 0 aliphatic rings. The monoisotopic (exact) mass is 227 g/mol. The number of hydrogen-bond acceptors (Lipinski definition) is 2. The Morgan fingerprint density at radius 1 is 1.53 bits per heavy atom. The molecule has 15 heavy (non-hydrogen) atoms. The molecule has 82 valence electrons. The highest BCUT2D eigenvalue weighted by Crippen LogP contribution is 2.27. The minimum atomic E-state index is -0.295. The lowest BCUT2D eigenvalue weighted by Crippen LogP contribution is -2.29. The maximum absolute atomic E-state index is 11.3. The number of rotatable bonds is 3. The number of hydrogen-bond donors (Lipinski definition) is 3. The average molecular weight is 228 g/mol. The summed E-state index contributed by atoms with van der Waals surface area (Å²) in [5.41, 5.74) is 6.58. The first-order valence-electron chi connectivity index (χ1n) is 4.74. The van der Waals surface area contributed by atoms with Gasteiger partial charge < -0.3 is 16.4 Å². The first-order valence-corrected chi connectivity index (χ1v) is 5.11. The Bertz CT molecular complexity index is 334. The van der Waals surface area contributed by atoms with Crippen molar-refractivity contribution in [2.75, 3.05) is 17.6 Å². The van der Waals surface area contributed by atoms with Crippen LogP contribution in [0.2, 0.25) is 5.02 Å². The van der Waals surface area contributed by atoms with E-state index in [2.05, 4.69) is 10.6 Å². The smallest absolute Gasteiger partial charge is 0.319 e. The fraction of sp³-hybridized carbons (Fsp3) is 0.300. The molecule has 0 aromatic heterocycles. The van der Waals surface area contributed by atoms with E-state index in [0.29, 0.717) is 22.9 Å². The molecule has 1 aromatic rings. The Hall–Kier alpha value is -1.42. The molecule has 5 heteroatoms. The second-order valence-corrected chi connectivity index (χ2v) is 3.49. The molecule has 0 unspecified atom stereocenters. The normalized spacial score (nSPS) is 9.73. The van der Waals surface area contributed by atoms with E-state index in [1.54, 1.807) is 18.2 Å². The van der Waals surface area contributed by atoms with Gasteiger partial charge in [-0.25, -0.2) is 4.79 Å². The average Bonchev–Trinajstić information content (AvgIpc) is 2.21. The van der Waals surface area contributed by atoms with E-state index in [4.69, 9.17) is 17.3 Å². The third kappa shape index (κ3) is 3.32. The number of para-hydroxylation sites is 1. The van der Waals surface area contributed by atoms with Crippen LogP contribution in [-0.2, 0) is 0 Å². The number of carbonyl (C=O) groups excluding carboxylic acids is 1. The Morgan fingerprint density at radius 3 is 2.87 bits per heavy atom. The van der Waals surface area contributed by atoms with Crippen molar-refractivity contribution >= 4 is 29.0 Å². The third-order valence-corrected chi connectivity index (χ3v) is 2.13. The second kappa shape index (κ2) is 5.46. The van der Waals surface area contributed by atoms with E-state index in [1.165, 1.54) is 0 Å². The van der Waals surface area contributed by atoms with Crippen molar-refractivity contribution in [2.24, 2.45) is 0 Å². The summed E-state index contributed by atoms with van der Waals surface area (Å²) in [6.45, 7) is 2.60. The van der Waals surface area contributed by atoms with Crippen molar-refractivity contribution in [3.63, 3.8) is 0 Å². The van der Waals surface area contributed by atoms with E-state index in [-0.39, 0.29) is 6.03 Å². The number of carbonyl (C=O) groups is 1. The first kappa shape index (κ1) is 11.7. The van der Waals surface area contributed by atoms with Crippen molar-refractivity contribution in [2.45, 2.75) is 13.3 Å². The highest BCUT2D eigenvalue weighted by atomic mass is 35.5. The number of amides is 2. The van der Waals surface area contributed by atoms with Gasteiger partial charge in [0.1, 0.15) is 0 Å². The Morgan fingerprint density at radius 2 is 2.27 bits per heavy atom. The number of halogens is 1. The summed E-state index contributed by atoms with van der Waals surface area (Å²) in [5, 5.41) is 5.71. The molecule has 2 amide bonds. The maximum atomic E-state index is 11.3. The van der Waals surface area contributed by atoms with E-state index in [1.807, 2.05) is 6.92 Å². The minimum Gasteiger partial charge on any atom is -0.397 e. The van der Waals surface area contributed by atoms with Gasteiger partial charge in [-0.2, -0.15) is 0 Å². The van der Waals surface area contributed by atoms with Gasteiger partial charge in [0.25, 0.3) is 0 Å². The first-order chi connectivity index (χ1) is 7.15. The molecule has 0 saturated heterocycles. The molecule has 0 spiro atoms. The number of benzene rings is 1. The summed E-state index contributed by atoms with van der Waals surface area (Å²) in [5.74, 6) is 0. The molecule has 0 aliphatic carbocycles. The highest BCUT2D eigenvalue weighted by molar-refractivity contribution is 6.34. The number of anilines is 2. The van der Waals surface area contributed by atoms with Gasteiger partial charge in [0.15, 0.2) is 0 Å². The largest absolute Gasteiger partial charge is 0.397 e. The quantitative estimate of drug-likeness (QED) is 0.695. The predicted octanol–water partition coefficient (Wildman–Crippen LogP) is 2.45. The van der Waals surface area contributed by atoms with Crippen molar-refractivity contribution < 1.29 is 4.79 Å². The second-order valence-electron chi connectivity index (χ2n) is 3.08. The van der Waals surface area contributed by atoms with Gasteiger partial charge in [-0.15, -0.1) is 0 Å². The minimum absolute atomic E-state index is 0.295. The van der Waals surface area contributed by atoms with Crippen molar-refractivity contribution in [3.8, 4) is 0 Å². The van der Waals surface area contributed by atoms with Crippen molar-refractivity contribution in [3.05, 3.63) is 23.2 Å². The SMILES string of the molecule is CCCNC(=O)Nc1c(N)cccc1Cl. The Labute approximate surface area is 93.8 Å². The van der Waals surface area contributed by atoms with Crippen LogP contribution in [0.15, 0.2) is 18.2 Å². The molecule has 0 fully saturated rings. The zero-order valence-corrected chi connectivity index (χ0v) is 9.27. The summed E-state index contributed by atoms with van der Waals surface area (Å²) < 4.78 is 0. The molecular weight excluding hydrogens is 214 g/mol. The molecule has 1 aromatic carbocycles. The fourth-order valence-electron chi connectivity index (χ4n) is 1.07. The summed E-state index contributed by atoms with van der Waals surface area (Å²) in [7, 11) is 0. The summed E-state index contributed by atoms with van der Waals surface area (Å²) in [6, 6.07) is 4.79. The number of urea groups is 1. The van der Waals surface area contributed by atoms with Gasteiger partial charge in [0, 0.05) is 6.54 Å². The highest BCUT2D eigenvalue weighted by Gasteiger charge is 2.07. The summed E-state index contributed by atoms with van der Waals surface area (Å²) in [6.07, 6.45) is 0.880. The van der Waals surface area contributed by atoms with E-state index in [0.717, 1.165) is 6.42 Å². The molecule has 0 radical (unpaired) electrons. The number of nitrogens with two attached hydrogens (primary N) is 1. The van der Waals surface area contributed by atoms with Crippen molar-refractivity contribution in [1.29, 1.82) is 0 Å². The van der Waals surface area contributed by atoms with E-state index >= 15 is 0 Å². The third-order valence-electron chi connectivity index (χ3n) is 1.82. The van der Waals surface area contributed by atoms with Gasteiger partial charge in [-0.1, -0.05) is 24.6 Å². The van der Waals surface area contributed by atoms with Crippen molar-refractivity contribution in [1.82, 2.24) is 5.32 Å². The van der Waals surface area contributed by atoms with Gasteiger partial charge in [0.05, 0.1) is 16.4 Å². The lowest BCUT2D eigenvalue weighted by atomic mass is 10.3. The Kier molecular flexibility index (Phi) is 4.24. The molecule has 4 N–H and O–H groups in total. The number of nitrogen functional groups attached to an aromatic ring is 1. The molecule has 0 aliphatic heterocycles. The summed E-state index contributed by atoms with van der Waals surface area (Å²) >= 11 is 5.89. The van der Waals surface area contributed by atoms with E-state index in [9.17, 15) is 4.79 Å². The fourth-order valence-corrected chi connectivity index (χ4v) is 1.30. The maximum Gasteiger partial charge on any atom is 0.319 e. The molecule has 0 atom stereocenters. The van der Waals surface area contributed by atoms with Gasteiger partial charge in [-0.05, 0) is 18.6 Å². The zero-order valence-electron chi connectivity index (χ0n) is 8.51. The Balaban J connectivity index is 2.68. The number of nitrogens with one attached hydrogen (secondary N) is 2. The van der Waals surface area contributed by atoms with Crippen LogP contribution < -0.4 is 16.4 Å². The zero-order chi connectivity index (χ0) is 11.3. The van der Waals surface area contributed by atoms with Crippen LogP contribution in [0.25, 0.3) is 0 Å². The van der Waals surface area contributed by atoms with Crippen LogP contribution in [0.5, 0.6) is 0 Å². The topological polar surface area (TPSA) is 67.2 Å². The lowest BCUT2D eigenvalue weighted by Gasteiger charge is -2.10. The van der Waals surface area contributed by atoms with Crippen LogP contribution in [0.1, 0.15) is 13.3 Å². The van der Waals surface area contributed by atoms with Crippen LogP contribution in [0, 0.1) is 0 Å². The van der Waals surface area contributed by atoms with Gasteiger partial charge in [-0.3, -0.25) is 0 Å². The summed E-state index contributed by atoms with van der Waals surface area (Å²) in [4.78, 5) is 11.3. The van der Waals surface area contributed by atoms with Crippen LogP contribution in [-0.4, -0.2) is 12.6 Å². The van der Waals surface area contributed by atoms with Gasteiger partial charge >= 0.3 is 6.03 Å². The standard InChI is InChI=1S/C10H14ClN3O/c1-2-6-13-10(15)14-9-7(11)4-3-5-8(9)12/h3-5H,2,6,12H2,1H3,(H2,13,14,15). The predicted molar refractivity (Wildman–Crippen MR) is 63.2 cm³/mol. The molecule has 1 rings (SSSR count). The van der Waals surface area contributed by atoms with Gasteiger partial charge in [0.2, 0.25) is 0 Å². The molecule has 0 saturated carbocycles.